The van der Waals surface area contributed by atoms with Gasteiger partial charge in [0.2, 0.25) is 5.95 Å². The molecule has 2 rings (SSSR count). The topological polar surface area (TPSA) is 32.3 Å². The number of para-hydroxylation sites is 1. The zero-order valence-electron chi connectivity index (χ0n) is 13.9. The van der Waals surface area contributed by atoms with Crippen LogP contribution in [-0.2, 0) is 0 Å². The van der Waals surface area contributed by atoms with Crippen molar-refractivity contribution in [2.24, 2.45) is 0 Å². The van der Waals surface area contributed by atoms with Gasteiger partial charge in [-0.1, -0.05) is 32.0 Å². The molecule has 0 saturated carbocycles. The molecule has 4 nitrogen and oxygen atoms in total. The molecule has 1 heterocycles. The molecule has 1 aromatic heterocycles. The fourth-order valence-corrected chi connectivity index (χ4v) is 2.58. The number of benzene rings is 1. The van der Waals surface area contributed by atoms with E-state index in [1.165, 1.54) is 0 Å². The van der Waals surface area contributed by atoms with Gasteiger partial charge < -0.3 is 9.80 Å². The number of rotatable bonds is 8. The van der Waals surface area contributed by atoms with Crippen LogP contribution in [0.1, 0.15) is 33.6 Å². The van der Waals surface area contributed by atoms with Crippen molar-refractivity contribution in [2.75, 3.05) is 29.4 Å². The summed E-state index contributed by atoms with van der Waals surface area (Å²) < 4.78 is 0. The van der Waals surface area contributed by atoms with Crippen LogP contribution in [0.3, 0.4) is 0 Å². The normalized spacial score (nSPS) is 10.5. The molecule has 0 N–H and O–H groups in total. The van der Waals surface area contributed by atoms with E-state index in [0.29, 0.717) is 0 Å². The molecule has 0 aliphatic heterocycles. The second kappa shape index (κ2) is 8.37. The summed E-state index contributed by atoms with van der Waals surface area (Å²) in [6.07, 6.45) is 4.06. The Morgan fingerprint density at radius 1 is 0.909 bits per heavy atom. The third kappa shape index (κ3) is 3.97. The number of anilines is 3. The minimum absolute atomic E-state index is 0.829. The standard InChI is InChI=1S/C18H26N4/c1-4-14-21(15-5-2)18-19-13-12-17(20-18)22(6-3)16-10-8-7-9-11-16/h7-13H,4-6,14-15H2,1-3H3. The van der Waals surface area contributed by atoms with Crippen LogP contribution < -0.4 is 9.80 Å². The van der Waals surface area contributed by atoms with Crippen LogP contribution in [0.5, 0.6) is 0 Å². The Balaban J connectivity index is 2.29. The minimum atomic E-state index is 0.829. The molecule has 0 fully saturated rings. The van der Waals surface area contributed by atoms with E-state index in [9.17, 15) is 0 Å². The van der Waals surface area contributed by atoms with E-state index in [0.717, 1.165) is 49.9 Å². The van der Waals surface area contributed by atoms with E-state index < -0.39 is 0 Å². The van der Waals surface area contributed by atoms with Crippen LogP contribution >= 0.6 is 0 Å². The van der Waals surface area contributed by atoms with Crippen molar-refractivity contribution in [2.45, 2.75) is 33.6 Å². The summed E-state index contributed by atoms with van der Waals surface area (Å²) in [5.41, 5.74) is 1.16. The van der Waals surface area contributed by atoms with Crippen LogP contribution in [0.15, 0.2) is 42.6 Å². The SMILES string of the molecule is CCCN(CCC)c1nccc(N(CC)c2ccccc2)n1. The molecule has 0 spiro atoms. The second-order valence-electron chi connectivity index (χ2n) is 5.28. The Morgan fingerprint density at radius 2 is 1.59 bits per heavy atom. The maximum atomic E-state index is 4.80. The maximum absolute atomic E-state index is 4.80. The Hall–Kier alpha value is -2.10. The first-order chi connectivity index (χ1) is 10.8. The number of nitrogens with zero attached hydrogens (tertiary/aromatic N) is 4. The largest absolute Gasteiger partial charge is 0.341 e. The summed E-state index contributed by atoms with van der Waals surface area (Å²) in [6.45, 7) is 9.39. The van der Waals surface area contributed by atoms with Crippen molar-refractivity contribution >= 4 is 17.5 Å². The highest BCUT2D eigenvalue weighted by atomic mass is 15.3. The highest BCUT2D eigenvalue weighted by Crippen LogP contribution is 2.24. The Bertz CT molecular complexity index is 550. The minimum Gasteiger partial charge on any atom is -0.341 e. The molecular weight excluding hydrogens is 272 g/mol. The molecule has 2 aromatic rings. The van der Waals surface area contributed by atoms with E-state index in [1.807, 2.05) is 18.3 Å². The maximum Gasteiger partial charge on any atom is 0.227 e. The van der Waals surface area contributed by atoms with Crippen molar-refractivity contribution in [1.82, 2.24) is 9.97 Å². The predicted molar refractivity (Wildman–Crippen MR) is 93.9 cm³/mol. The van der Waals surface area contributed by atoms with Gasteiger partial charge >= 0.3 is 0 Å². The molecule has 0 bridgehead atoms. The first-order valence-corrected chi connectivity index (χ1v) is 8.20. The number of hydrogen-bond donors (Lipinski definition) is 0. The van der Waals surface area contributed by atoms with Gasteiger partial charge in [-0.2, -0.15) is 4.98 Å². The molecule has 0 unspecified atom stereocenters. The summed E-state index contributed by atoms with van der Waals surface area (Å²) in [4.78, 5) is 13.7. The predicted octanol–water partition coefficient (Wildman–Crippen LogP) is 4.26. The average Bonchev–Trinajstić information content (AvgIpc) is 2.57. The molecule has 22 heavy (non-hydrogen) atoms. The van der Waals surface area contributed by atoms with Crippen molar-refractivity contribution in [1.29, 1.82) is 0 Å². The molecule has 0 amide bonds. The van der Waals surface area contributed by atoms with Crippen molar-refractivity contribution < 1.29 is 0 Å². The summed E-state index contributed by atoms with van der Waals surface area (Å²) in [7, 11) is 0. The lowest BCUT2D eigenvalue weighted by molar-refractivity contribution is 0.720. The molecule has 0 atom stereocenters. The second-order valence-corrected chi connectivity index (χ2v) is 5.28. The third-order valence-electron chi connectivity index (χ3n) is 3.56. The lowest BCUT2D eigenvalue weighted by Crippen LogP contribution is -2.28. The molecule has 118 valence electrons. The quantitative estimate of drug-likeness (QED) is 0.729. The van der Waals surface area contributed by atoms with Gasteiger partial charge in [0.15, 0.2) is 0 Å². The molecule has 0 aliphatic rings. The Labute approximate surface area is 133 Å². The Morgan fingerprint density at radius 3 is 2.18 bits per heavy atom. The van der Waals surface area contributed by atoms with E-state index in [4.69, 9.17) is 4.98 Å². The van der Waals surface area contributed by atoms with E-state index >= 15 is 0 Å². The smallest absolute Gasteiger partial charge is 0.227 e. The van der Waals surface area contributed by atoms with Gasteiger partial charge in [-0.15, -0.1) is 0 Å². The van der Waals surface area contributed by atoms with Crippen LogP contribution in [0.4, 0.5) is 17.5 Å². The summed E-state index contributed by atoms with van der Waals surface area (Å²) in [6, 6.07) is 12.4. The molecular formula is C18H26N4. The van der Waals surface area contributed by atoms with Crippen molar-refractivity contribution in [3.63, 3.8) is 0 Å². The molecule has 4 heteroatoms. The van der Waals surface area contributed by atoms with Crippen molar-refractivity contribution in [3.05, 3.63) is 42.6 Å². The Kier molecular flexibility index (Phi) is 6.19. The van der Waals surface area contributed by atoms with Gasteiger partial charge in [-0.3, -0.25) is 0 Å². The highest BCUT2D eigenvalue weighted by molar-refractivity contribution is 5.60. The van der Waals surface area contributed by atoms with Gasteiger partial charge in [-0.05, 0) is 38.0 Å². The molecule has 1 aromatic carbocycles. The molecule has 0 aliphatic carbocycles. The first kappa shape index (κ1) is 16.3. The van der Waals surface area contributed by atoms with Gasteiger partial charge in [0.1, 0.15) is 5.82 Å². The van der Waals surface area contributed by atoms with Crippen molar-refractivity contribution in [3.8, 4) is 0 Å². The molecule has 0 saturated heterocycles. The van der Waals surface area contributed by atoms with Crippen LogP contribution in [0.25, 0.3) is 0 Å². The summed E-state index contributed by atoms with van der Waals surface area (Å²) in [5, 5.41) is 0. The highest BCUT2D eigenvalue weighted by Gasteiger charge is 2.12. The van der Waals surface area contributed by atoms with Gasteiger partial charge in [0, 0.05) is 31.5 Å². The number of aromatic nitrogens is 2. The lowest BCUT2D eigenvalue weighted by Gasteiger charge is -2.25. The van der Waals surface area contributed by atoms with Crippen LogP contribution in [0.2, 0.25) is 0 Å². The first-order valence-electron chi connectivity index (χ1n) is 8.20. The van der Waals surface area contributed by atoms with Gasteiger partial charge in [0.25, 0.3) is 0 Å². The number of hydrogen-bond acceptors (Lipinski definition) is 4. The van der Waals surface area contributed by atoms with E-state index in [2.05, 4.69) is 59.8 Å². The monoisotopic (exact) mass is 298 g/mol. The summed E-state index contributed by atoms with van der Waals surface area (Å²) in [5.74, 6) is 1.78. The fraction of sp³-hybridized carbons (Fsp3) is 0.444. The fourth-order valence-electron chi connectivity index (χ4n) is 2.58. The zero-order valence-corrected chi connectivity index (χ0v) is 13.9. The van der Waals surface area contributed by atoms with Crippen LogP contribution in [-0.4, -0.2) is 29.6 Å². The van der Waals surface area contributed by atoms with E-state index in [-0.39, 0.29) is 0 Å². The zero-order chi connectivity index (χ0) is 15.8. The third-order valence-corrected chi connectivity index (χ3v) is 3.56. The lowest BCUT2D eigenvalue weighted by atomic mass is 10.3. The average molecular weight is 298 g/mol. The van der Waals surface area contributed by atoms with E-state index in [1.54, 1.807) is 0 Å². The van der Waals surface area contributed by atoms with Crippen LogP contribution in [0, 0.1) is 0 Å². The van der Waals surface area contributed by atoms with Gasteiger partial charge in [-0.25, -0.2) is 4.98 Å². The summed E-state index contributed by atoms with van der Waals surface area (Å²) >= 11 is 0. The van der Waals surface area contributed by atoms with Gasteiger partial charge in [0.05, 0.1) is 0 Å². The molecule has 0 radical (unpaired) electrons.